The third kappa shape index (κ3) is 11.1. The summed E-state index contributed by atoms with van der Waals surface area (Å²) < 4.78 is 48.8. The highest BCUT2D eigenvalue weighted by molar-refractivity contribution is 6.20. The Balaban J connectivity index is 1.35. The molecular weight excluding hydrogens is 837 g/mol. The van der Waals surface area contributed by atoms with E-state index in [4.69, 9.17) is 37.9 Å². The number of hydrogen-bond acceptors (Lipinski definition) is 13. The molecule has 0 saturated carbocycles. The van der Waals surface area contributed by atoms with E-state index >= 15 is 0 Å². The van der Waals surface area contributed by atoms with E-state index in [1.165, 1.54) is 68.8 Å². The third-order valence-corrected chi connectivity index (χ3v) is 10.1. The van der Waals surface area contributed by atoms with Gasteiger partial charge in [0.2, 0.25) is 18.1 Å². The summed E-state index contributed by atoms with van der Waals surface area (Å²) in [7, 11) is 2.68. The van der Waals surface area contributed by atoms with Gasteiger partial charge in [0.1, 0.15) is 12.7 Å². The normalized spacial score (nSPS) is 18.0. The van der Waals surface area contributed by atoms with E-state index in [-0.39, 0.29) is 45.1 Å². The fourth-order valence-electron chi connectivity index (χ4n) is 6.89. The number of carboxylic acids is 1. The standard InChI is InChI=1S/C51H42O14/c1-58-39-29-32(28-38(46(52)53)33-18-8-3-9-19-33)30-40(59-2)42(39)65-51-45(64-50(57)37-26-16-7-17-27-37)44(63-49(56)36-24-14-6-15-25-36)43(62-48(55)35-22-12-5-13-23-35)41(61-51)31-60-47(54)34-20-10-4-11-21-34/h3-30,41,43-45,51H,31H2,1-2H3,(H,52,53)/t41-,43-,44+,45+,51-/m1/s1. The van der Waals surface area contributed by atoms with Crippen LogP contribution in [-0.2, 0) is 28.5 Å². The first kappa shape index (κ1) is 44.8. The Morgan fingerprint density at radius 3 is 1.32 bits per heavy atom. The van der Waals surface area contributed by atoms with Gasteiger partial charge in [-0.25, -0.2) is 24.0 Å². The number of carboxylic acid groups (broad SMARTS) is 1. The Morgan fingerprint density at radius 1 is 0.523 bits per heavy atom. The molecule has 0 aromatic heterocycles. The van der Waals surface area contributed by atoms with Crippen LogP contribution in [-0.4, -0.2) is 86.5 Å². The molecule has 0 spiro atoms. The topological polar surface area (TPSA) is 179 Å². The zero-order chi connectivity index (χ0) is 45.7. The molecule has 0 bridgehead atoms. The number of benzene rings is 6. The van der Waals surface area contributed by atoms with Crippen LogP contribution in [0, 0.1) is 0 Å². The fraction of sp³-hybridized carbons (Fsp3) is 0.157. The van der Waals surface area contributed by atoms with Crippen molar-refractivity contribution >= 4 is 41.5 Å². The number of hydrogen-bond donors (Lipinski definition) is 1. The minimum atomic E-state index is -1.74. The zero-order valence-electron chi connectivity index (χ0n) is 35.0. The van der Waals surface area contributed by atoms with Gasteiger partial charge in [-0.2, -0.15) is 0 Å². The van der Waals surface area contributed by atoms with Crippen molar-refractivity contribution in [2.75, 3.05) is 20.8 Å². The number of ether oxygens (including phenoxy) is 8. The van der Waals surface area contributed by atoms with Crippen molar-refractivity contribution < 1.29 is 67.0 Å². The van der Waals surface area contributed by atoms with E-state index < -0.39 is 67.2 Å². The van der Waals surface area contributed by atoms with Crippen molar-refractivity contribution in [2.24, 2.45) is 0 Å². The lowest BCUT2D eigenvalue weighted by Gasteiger charge is -2.44. The minimum absolute atomic E-state index is 0.0210. The summed E-state index contributed by atoms with van der Waals surface area (Å²) in [4.78, 5) is 67.8. The van der Waals surface area contributed by atoms with Gasteiger partial charge in [0, 0.05) is 0 Å². The lowest BCUT2D eigenvalue weighted by molar-refractivity contribution is -0.275. The maximum Gasteiger partial charge on any atom is 0.338 e. The minimum Gasteiger partial charge on any atom is -0.493 e. The van der Waals surface area contributed by atoms with Gasteiger partial charge in [-0.15, -0.1) is 0 Å². The van der Waals surface area contributed by atoms with E-state index in [2.05, 4.69) is 0 Å². The summed E-state index contributed by atoms with van der Waals surface area (Å²) in [5, 5.41) is 10.2. The Bertz CT molecular complexity index is 2590. The van der Waals surface area contributed by atoms with Gasteiger partial charge in [-0.05, 0) is 77.9 Å². The molecule has 14 nitrogen and oxygen atoms in total. The number of rotatable bonds is 16. The SMILES string of the molecule is COc1cc(C=C(C(=O)O)c2ccccc2)cc(OC)c1O[C@H]1O[C@H](COC(=O)c2ccccc2)[C@@H](OC(=O)c2ccccc2)[C@H](OC(=O)c2ccccc2)[C@@H]1OC(=O)c1ccccc1. The molecule has 5 atom stereocenters. The summed E-state index contributed by atoms with van der Waals surface area (Å²) in [6, 6.07) is 43.5. The van der Waals surface area contributed by atoms with Gasteiger partial charge < -0.3 is 43.0 Å². The van der Waals surface area contributed by atoms with Crippen LogP contribution < -0.4 is 14.2 Å². The molecule has 0 amide bonds. The second kappa shape index (κ2) is 21.2. The molecule has 0 unspecified atom stereocenters. The molecule has 14 heteroatoms. The van der Waals surface area contributed by atoms with Gasteiger partial charge in [-0.3, -0.25) is 0 Å². The molecule has 1 N–H and O–H groups in total. The summed E-state index contributed by atoms with van der Waals surface area (Å²) in [6.07, 6.45) is -6.82. The molecule has 1 aliphatic heterocycles. The molecule has 1 fully saturated rings. The number of methoxy groups -OCH3 is 2. The van der Waals surface area contributed by atoms with Crippen molar-refractivity contribution in [1.82, 2.24) is 0 Å². The van der Waals surface area contributed by atoms with Gasteiger partial charge >= 0.3 is 29.8 Å². The van der Waals surface area contributed by atoms with Crippen LogP contribution in [0.5, 0.6) is 17.2 Å². The first-order chi connectivity index (χ1) is 31.6. The molecular formula is C51H42O14. The molecule has 65 heavy (non-hydrogen) atoms. The highest BCUT2D eigenvalue weighted by Gasteiger charge is 2.54. The second-order valence-corrected chi connectivity index (χ2v) is 14.3. The first-order valence-electron chi connectivity index (χ1n) is 20.2. The van der Waals surface area contributed by atoms with Crippen molar-refractivity contribution in [3.63, 3.8) is 0 Å². The highest BCUT2D eigenvalue weighted by Crippen LogP contribution is 2.42. The molecule has 1 heterocycles. The van der Waals surface area contributed by atoms with E-state index in [0.717, 1.165) is 0 Å². The zero-order valence-corrected chi connectivity index (χ0v) is 35.0. The molecule has 6 aromatic rings. The van der Waals surface area contributed by atoms with Crippen molar-refractivity contribution in [3.8, 4) is 17.2 Å². The maximum atomic E-state index is 14.1. The lowest BCUT2D eigenvalue weighted by Crippen LogP contribution is -2.64. The van der Waals surface area contributed by atoms with Crippen LogP contribution in [0.2, 0.25) is 0 Å². The summed E-state index contributed by atoms with van der Waals surface area (Å²) in [5.74, 6) is -4.66. The maximum absolute atomic E-state index is 14.1. The average Bonchev–Trinajstić information content (AvgIpc) is 3.35. The van der Waals surface area contributed by atoms with Gasteiger partial charge in [-0.1, -0.05) is 103 Å². The molecule has 1 saturated heterocycles. The largest absolute Gasteiger partial charge is 0.493 e. The smallest absolute Gasteiger partial charge is 0.338 e. The number of carbonyl (C=O) groups excluding carboxylic acids is 4. The molecule has 1 aliphatic rings. The van der Waals surface area contributed by atoms with Crippen LogP contribution in [0.1, 0.15) is 52.6 Å². The average molecular weight is 879 g/mol. The Hall–Kier alpha value is -8.23. The molecule has 330 valence electrons. The van der Waals surface area contributed by atoms with Gasteiger partial charge in [0.25, 0.3) is 0 Å². The number of esters is 4. The number of carbonyl (C=O) groups is 5. The van der Waals surface area contributed by atoms with Crippen LogP contribution in [0.4, 0.5) is 0 Å². The second-order valence-electron chi connectivity index (χ2n) is 14.3. The van der Waals surface area contributed by atoms with Crippen LogP contribution in [0.15, 0.2) is 164 Å². The van der Waals surface area contributed by atoms with Crippen LogP contribution in [0.3, 0.4) is 0 Å². The summed E-state index contributed by atoms with van der Waals surface area (Å²) in [6.45, 7) is -0.589. The molecule has 6 aromatic carbocycles. The van der Waals surface area contributed by atoms with Crippen molar-refractivity contribution in [1.29, 1.82) is 0 Å². The van der Waals surface area contributed by atoms with Crippen molar-refractivity contribution in [2.45, 2.75) is 30.7 Å². The lowest BCUT2D eigenvalue weighted by atomic mass is 9.97. The Kier molecular flexibility index (Phi) is 14.6. The van der Waals surface area contributed by atoms with Crippen molar-refractivity contribution in [3.05, 3.63) is 197 Å². The first-order valence-corrected chi connectivity index (χ1v) is 20.2. The molecule has 0 aliphatic carbocycles. The molecule has 7 rings (SSSR count). The Morgan fingerprint density at radius 2 is 0.908 bits per heavy atom. The summed E-state index contributed by atoms with van der Waals surface area (Å²) >= 11 is 0. The van der Waals surface area contributed by atoms with Gasteiger partial charge in [0.15, 0.2) is 23.7 Å². The van der Waals surface area contributed by atoms with E-state index in [0.29, 0.717) is 11.1 Å². The highest BCUT2D eigenvalue weighted by atomic mass is 16.7. The Labute approximate surface area is 373 Å². The monoisotopic (exact) mass is 878 g/mol. The molecule has 0 radical (unpaired) electrons. The third-order valence-electron chi connectivity index (χ3n) is 10.1. The predicted octanol–water partition coefficient (Wildman–Crippen LogP) is 7.97. The predicted molar refractivity (Wildman–Crippen MR) is 234 cm³/mol. The van der Waals surface area contributed by atoms with E-state index in [1.807, 2.05) is 0 Å². The quantitative estimate of drug-likeness (QED) is 0.0428. The van der Waals surface area contributed by atoms with Crippen LogP contribution >= 0.6 is 0 Å². The summed E-state index contributed by atoms with van der Waals surface area (Å²) in [5.41, 5.74) is 1.30. The van der Waals surface area contributed by atoms with E-state index in [1.54, 1.807) is 115 Å². The van der Waals surface area contributed by atoms with Gasteiger partial charge in [0.05, 0.1) is 42.0 Å². The van der Waals surface area contributed by atoms with E-state index in [9.17, 15) is 29.1 Å². The fourth-order valence-corrected chi connectivity index (χ4v) is 6.89. The number of aliphatic carboxylic acids is 1. The van der Waals surface area contributed by atoms with Crippen LogP contribution in [0.25, 0.3) is 11.6 Å².